The predicted octanol–water partition coefficient (Wildman–Crippen LogP) is 2.09. The van der Waals surface area contributed by atoms with Crippen molar-refractivity contribution in [2.24, 2.45) is 0 Å². The molecule has 0 aliphatic rings. The standard InChI is InChI=1S/C12H11N.Ir/c1-2-6-11(7-3-1)10-12-8-4-5-9-13-12;/h1-9H,10H2;/q;+3/p+1. The van der Waals surface area contributed by atoms with Crippen molar-refractivity contribution in [3.8, 4) is 0 Å². The minimum absolute atomic E-state index is 0. The molecule has 0 aliphatic heterocycles. The quantitative estimate of drug-likeness (QED) is 0.777. The van der Waals surface area contributed by atoms with Gasteiger partial charge in [0.25, 0.3) is 0 Å². The number of rotatable bonds is 2. The number of hydrogen-bond donors (Lipinski definition) is 0. The molecule has 70 valence electrons. The van der Waals surface area contributed by atoms with E-state index in [0.29, 0.717) is 0 Å². The molecule has 14 heavy (non-hydrogen) atoms. The number of aromatic amines is 1. The summed E-state index contributed by atoms with van der Waals surface area (Å²) in [7, 11) is 0. The number of H-pyrrole nitrogens is 1. The van der Waals surface area contributed by atoms with Crippen LogP contribution < -0.4 is 4.98 Å². The van der Waals surface area contributed by atoms with Gasteiger partial charge < -0.3 is 0 Å². The van der Waals surface area contributed by atoms with Crippen LogP contribution in [0.5, 0.6) is 0 Å². The molecule has 0 atom stereocenters. The molecule has 0 amide bonds. The molecule has 0 unspecified atom stereocenters. The van der Waals surface area contributed by atoms with Crippen molar-refractivity contribution in [3.63, 3.8) is 0 Å². The molecule has 0 aliphatic carbocycles. The molecule has 2 rings (SSSR count). The van der Waals surface area contributed by atoms with E-state index in [1.54, 1.807) is 0 Å². The van der Waals surface area contributed by atoms with Gasteiger partial charge in [-0.2, -0.15) is 0 Å². The van der Waals surface area contributed by atoms with Crippen molar-refractivity contribution >= 4 is 0 Å². The molecule has 1 aromatic heterocycles. The van der Waals surface area contributed by atoms with Crippen LogP contribution in [-0.2, 0) is 26.5 Å². The van der Waals surface area contributed by atoms with Crippen molar-refractivity contribution in [2.75, 3.05) is 0 Å². The van der Waals surface area contributed by atoms with E-state index in [4.69, 9.17) is 0 Å². The molecule has 1 N–H and O–H groups in total. The molecule has 0 saturated carbocycles. The molecule has 2 aromatic rings. The summed E-state index contributed by atoms with van der Waals surface area (Å²) in [6.45, 7) is 0. The zero-order valence-corrected chi connectivity index (χ0v) is 10.1. The zero-order valence-electron chi connectivity index (χ0n) is 7.74. The van der Waals surface area contributed by atoms with Gasteiger partial charge in [-0.1, -0.05) is 36.4 Å². The SMILES string of the molecule is [Ir+3].c1ccc(Cc2cccc[nH+]2)cc1. The van der Waals surface area contributed by atoms with E-state index >= 15 is 0 Å². The van der Waals surface area contributed by atoms with E-state index in [0.717, 1.165) is 6.42 Å². The maximum absolute atomic E-state index is 3.22. The first-order chi connectivity index (χ1) is 6.45. The Hall–Kier alpha value is -0.981. The van der Waals surface area contributed by atoms with Crippen LogP contribution in [0, 0.1) is 0 Å². The molecule has 1 heterocycles. The van der Waals surface area contributed by atoms with Crippen LogP contribution in [0.3, 0.4) is 0 Å². The monoisotopic (exact) mass is 363 g/mol. The van der Waals surface area contributed by atoms with Gasteiger partial charge in [0.15, 0.2) is 11.9 Å². The summed E-state index contributed by atoms with van der Waals surface area (Å²) in [5.41, 5.74) is 2.58. The Morgan fingerprint density at radius 2 is 1.57 bits per heavy atom. The van der Waals surface area contributed by atoms with E-state index < -0.39 is 0 Å². The van der Waals surface area contributed by atoms with E-state index in [1.165, 1.54) is 11.3 Å². The van der Waals surface area contributed by atoms with Crippen molar-refractivity contribution < 1.29 is 25.1 Å². The zero-order chi connectivity index (χ0) is 8.93. The van der Waals surface area contributed by atoms with Crippen LogP contribution in [0.15, 0.2) is 54.7 Å². The Bertz CT molecular complexity index is 321. The number of pyridine rings is 1. The third-order valence-corrected chi connectivity index (χ3v) is 2.01. The fourth-order valence-corrected chi connectivity index (χ4v) is 1.36. The maximum atomic E-state index is 3.22. The Labute approximate surface area is 97.6 Å². The molecule has 0 radical (unpaired) electrons. The first-order valence-electron chi connectivity index (χ1n) is 4.45. The minimum atomic E-state index is 0. The molecule has 2 heteroatoms. The average Bonchev–Trinajstić information content (AvgIpc) is 2.21. The second-order valence-electron chi connectivity index (χ2n) is 3.05. The van der Waals surface area contributed by atoms with Crippen LogP contribution in [0.2, 0.25) is 0 Å². The normalized spacial score (nSPS) is 9.14. The summed E-state index contributed by atoms with van der Waals surface area (Å²) in [4.78, 5) is 3.22. The Kier molecular flexibility index (Phi) is 4.51. The van der Waals surface area contributed by atoms with Crippen molar-refractivity contribution in [3.05, 3.63) is 66.0 Å². The molecule has 0 fully saturated rings. The van der Waals surface area contributed by atoms with Crippen LogP contribution in [0.4, 0.5) is 0 Å². The molecule has 1 aromatic carbocycles. The minimum Gasteiger partial charge on any atom is -0.215 e. The average molecular weight is 362 g/mol. The van der Waals surface area contributed by atoms with Gasteiger partial charge in [-0.05, 0) is 5.56 Å². The summed E-state index contributed by atoms with van der Waals surface area (Å²) in [6.07, 6.45) is 2.93. The maximum Gasteiger partial charge on any atom is 3.00 e. The third-order valence-electron chi connectivity index (χ3n) is 2.01. The summed E-state index contributed by atoms with van der Waals surface area (Å²) in [6, 6.07) is 16.6. The van der Waals surface area contributed by atoms with Gasteiger partial charge in [0.1, 0.15) is 0 Å². The van der Waals surface area contributed by atoms with Gasteiger partial charge in [0, 0.05) is 12.1 Å². The molecule has 0 saturated heterocycles. The molecule has 0 bridgehead atoms. The Morgan fingerprint density at radius 3 is 2.21 bits per heavy atom. The van der Waals surface area contributed by atoms with Crippen molar-refractivity contribution in [2.45, 2.75) is 6.42 Å². The van der Waals surface area contributed by atoms with Crippen LogP contribution in [0.25, 0.3) is 0 Å². The van der Waals surface area contributed by atoms with E-state index in [1.807, 2.05) is 18.3 Å². The fourth-order valence-electron chi connectivity index (χ4n) is 1.36. The van der Waals surface area contributed by atoms with Gasteiger partial charge in [-0.25, -0.2) is 4.98 Å². The van der Waals surface area contributed by atoms with Crippen LogP contribution in [-0.4, -0.2) is 0 Å². The molecule has 0 spiro atoms. The van der Waals surface area contributed by atoms with Gasteiger partial charge in [0.2, 0.25) is 0 Å². The van der Waals surface area contributed by atoms with Gasteiger partial charge in [0.05, 0.1) is 6.42 Å². The summed E-state index contributed by atoms with van der Waals surface area (Å²) in [5.74, 6) is 0. The Balaban J connectivity index is 0.000000980. The van der Waals surface area contributed by atoms with E-state index in [2.05, 4.69) is 41.4 Å². The van der Waals surface area contributed by atoms with Gasteiger partial charge in [-0.15, -0.1) is 0 Å². The van der Waals surface area contributed by atoms with Crippen molar-refractivity contribution in [1.82, 2.24) is 0 Å². The summed E-state index contributed by atoms with van der Waals surface area (Å²) in [5, 5.41) is 0. The smallest absolute Gasteiger partial charge is 0.215 e. The van der Waals surface area contributed by atoms with Gasteiger partial charge >= 0.3 is 20.1 Å². The predicted molar refractivity (Wildman–Crippen MR) is 52.2 cm³/mol. The Morgan fingerprint density at radius 1 is 0.857 bits per heavy atom. The number of nitrogens with one attached hydrogen (secondary N) is 1. The molecule has 1 nitrogen and oxygen atoms in total. The van der Waals surface area contributed by atoms with Gasteiger partial charge in [-0.3, -0.25) is 0 Å². The summed E-state index contributed by atoms with van der Waals surface area (Å²) >= 11 is 0. The summed E-state index contributed by atoms with van der Waals surface area (Å²) < 4.78 is 0. The second-order valence-corrected chi connectivity index (χ2v) is 3.05. The van der Waals surface area contributed by atoms with E-state index in [-0.39, 0.29) is 20.1 Å². The number of aromatic nitrogens is 1. The third kappa shape index (κ3) is 3.06. The topological polar surface area (TPSA) is 14.1 Å². The largest absolute Gasteiger partial charge is 3.00 e. The first-order valence-corrected chi connectivity index (χ1v) is 4.45. The van der Waals surface area contributed by atoms with Crippen LogP contribution >= 0.6 is 0 Å². The van der Waals surface area contributed by atoms with E-state index in [9.17, 15) is 0 Å². The van der Waals surface area contributed by atoms with Crippen LogP contribution in [0.1, 0.15) is 11.3 Å². The first kappa shape index (κ1) is 11.1. The number of hydrogen-bond acceptors (Lipinski definition) is 0. The molecular weight excluding hydrogens is 350 g/mol. The molecular formula is C12H12IrN+4. The number of benzene rings is 1. The fraction of sp³-hybridized carbons (Fsp3) is 0.0833. The second kappa shape index (κ2) is 5.69. The van der Waals surface area contributed by atoms with Crippen molar-refractivity contribution in [1.29, 1.82) is 0 Å².